The number of nitrogens with two attached hydrogens (primary N) is 1. The Bertz CT molecular complexity index is 353. The van der Waals surface area contributed by atoms with Gasteiger partial charge in [-0.05, 0) is 12.1 Å². The third kappa shape index (κ3) is 3.05. The first-order valence-corrected chi connectivity index (χ1v) is 4.41. The fourth-order valence-corrected chi connectivity index (χ4v) is 1.18. The molecule has 5 nitrogen and oxygen atoms in total. The van der Waals surface area contributed by atoms with E-state index in [0.717, 1.165) is 5.56 Å². The highest BCUT2D eigenvalue weighted by molar-refractivity contribution is 5.71. The molecular formula is C10H14N2O3. The average Bonchev–Trinajstić information content (AvgIpc) is 2.25. The Hall–Kier alpha value is -1.91. The molecule has 0 heterocycles. The summed E-state index contributed by atoms with van der Waals surface area (Å²) in [6.07, 6.45) is 0. The van der Waals surface area contributed by atoms with E-state index in [0.29, 0.717) is 18.0 Å². The molecule has 0 bridgehead atoms. The van der Waals surface area contributed by atoms with E-state index < -0.39 is 6.03 Å². The van der Waals surface area contributed by atoms with Gasteiger partial charge in [-0.3, -0.25) is 0 Å². The predicted octanol–water partition coefficient (Wildman–Crippen LogP) is 0.872. The molecule has 82 valence electrons. The second kappa shape index (κ2) is 5.09. The molecule has 0 aliphatic carbocycles. The van der Waals surface area contributed by atoms with Gasteiger partial charge in [0.25, 0.3) is 0 Å². The number of primary amides is 1. The van der Waals surface area contributed by atoms with Crippen LogP contribution in [0.5, 0.6) is 11.5 Å². The molecule has 1 aromatic carbocycles. The minimum absolute atomic E-state index is 0.336. The normalized spacial score (nSPS) is 9.47. The lowest BCUT2D eigenvalue weighted by molar-refractivity contribution is 0.248. The molecule has 0 aromatic heterocycles. The van der Waals surface area contributed by atoms with Gasteiger partial charge < -0.3 is 20.5 Å². The Labute approximate surface area is 88.2 Å². The minimum Gasteiger partial charge on any atom is -0.497 e. The Balaban J connectivity index is 2.82. The largest absolute Gasteiger partial charge is 0.497 e. The van der Waals surface area contributed by atoms with Crippen LogP contribution in [-0.2, 0) is 6.54 Å². The standard InChI is InChI=1S/C10H14N2O3/c1-14-8-4-3-7(6-12-10(11)13)9(5-8)15-2/h3-5H,6H2,1-2H3,(H3,11,12,13). The molecule has 0 aliphatic heterocycles. The van der Waals surface area contributed by atoms with Crippen LogP contribution >= 0.6 is 0 Å². The van der Waals surface area contributed by atoms with Gasteiger partial charge in [0.2, 0.25) is 0 Å². The van der Waals surface area contributed by atoms with Crippen LogP contribution in [0, 0.1) is 0 Å². The molecule has 3 N–H and O–H groups in total. The SMILES string of the molecule is COc1ccc(CNC(N)=O)c(OC)c1. The molecule has 5 heteroatoms. The van der Waals surface area contributed by atoms with Gasteiger partial charge >= 0.3 is 6.03 Å². The number of amides is 2. The number of methoxy groups -OCH3 is 2. The first-order valence-electron chi connectivity index (χ1n) is 4.41. The zero-order chi connectivity index (χ0) is 11.3. The smallest absolute Gasteiger partial charge is 0.312 e. The first-order chi connectivity index (χ1) is 7.17. The van der Waals surface area contributed by atoms with Crippen molar-refractivity contribution in [1.82, 2.24) is 5.32 Å². The summed E-state index contributed by atoms with van der Waals surface area (Å²) < 4.78 is 10.2. The average molecular weight is 210 g/mol. The maximum absolute atomic E-state index is 10.5. The fraction of sp³-hybridized carbons (Fsp3) is 0.300. The quantitative estimate of drug-likeness (QED) is 0.774. The number of carbonyl (C=O) groups is 1. The molecule has 1 aromatic rings. The van der Waals surface area contributed by atoms with Gasteiger partial charge in [-0.2, -0.15) is 0 Å². The summed E-state index contributed by atoms with van der Waals surface area (Å²) in [6, 6.07) is 4.79. The molecule has 15 heavy (non-hydrogen) atoms. The lowest BCUT2D eigenvalue weighted by Crippen LogP contribution is -2.28. The van der Waals surface area contributed by atoms with Crippen LogP contribution < -0.4 is 20.5 Å². The van der Waals surface area contributed by atoms with Gasteiger partial charge in [-0.1, -0.05) is 0 Å². The monoisotopic (exact) mass is 210 g/mol. The molecule has 2 amide bonds. The van der Waals surface area contributed by atoms with Crippen molar-refractivity contribution in [2.45, 2.75) is 6.54 Å². The molecule has 1 rings (SSSR count). The van der Waals surface area contributed by atoms with Crippen LogP contribution in [0.25, 0.3) is 0 Å². The summed E-state index contributed by atoms with van der Waals surface area (Å²) in [4.78, 5) is 10.5. The molecule has 0 unspecified atom stereocenters. The molecule has 0 aliphatic rings. The van der Waals surface area contributed by atoms with Crippen molar-refractivity contribution < 1.29 is 14.3 Å². The molecule has 0 fully saturated rings. The van der Waals surface area contributed by atoms with E-state index in [4.69, 9.17) is 15.2 Å². The van der Waals surface area contributed by atoms with Gasteiger partial charge in [0.05, 0.1) is 14.2 Å². The predicted molar refractivity (Wildman–Crippen MR) is 56.0 cm³/mol. The lowest BCUT2D eigenvalue weighted by atomic mass is 10.2. The highest BCUT2D eigenvalue weighted by Gasteiger charge is 2.05. The second-order valence-corrected chi connectivity index (χ2v) is 2.90. The zero-order valence-electron chi connectivity index (χ0n) is 8.74. The van der Waals surface area contributed by atoms with Crippen molar-refractivity contribution in [3.05, 3.63) is 23.8 Å². The zero-order valence-corrected chi connectivity index (χ0v) is 8.74. The van der Waals surface area contributed by atoms with Crippen molar-refractivity contribution >= 4 is 6.03 Å². The second-order valence-electron chi connectivity index (χ2n) is 2.90. The molecule has 0 atom stereocenters. The number of hydrogen-bond acceptors (Lipinski definition) is 3. The Morgan fingerprint density at radius 3 is 2.67 bits per heavy atom. The molecule has 0 spiro atoms. The van der Waals surface area contributed by atoms with E-state index in [2.05, 4.69) is 5.32 Å². The number of ether oxygens (including phenoxy) is 2. The van der Waals surface area contributed by atoms with Gasteiger partial charge in [0.1, 0.15) is 11.5 Å². The van der Waals surface area contributed by atoms with Crippen molar-refractivity contribution in [2.24, 2.45) is 5.73 Å². The third-order valence-electron chi connectivity index (χ3n) is 1.95. The van der Waals surface area contributed by atoms with Crippen LogP contribution in [-0.4, -0.2) is 20.3 Å². The van der Waals surface area contributed by atoms with Crippen molar-refractivity contribution in [2.75, 3.05) is 14.2 Å². The van der Waals surface area contributed by atoms with E-state index in [9.17, 15) is 4.79 Å². The number of urea groups is 1. The molecular weight excluding hydrogens is 196 g/mol. The first kappa shape index (κ1) is 11.2. The van der Waals surface area contributed by atoms with Crippen molar-refractivity contribution in [3.8, 4) is 11.5 Å². The van der Waals surface area contributed by atoms with Crippen LogP contribution in [0.4, 0.5) is 4.79 Å². The molecule has 0 saturated carbocycles. The molecule has 0 saturated heterocycles. The summed E-state index contributed by atoms with van der Waals surface area (Å²) in [5.74, 6) is 1.36. The van der Waals surface area contributed by atoms with Crippen LogP contribution in [0.1, 0.15) is 5.56 Å². The van der Waals surface area contributed by atoms with E-state index in [1.54, 1.807) is 26.4 Å². The number of carbonyl (C=O) groups excluding carboxylic acids is 1. The van der Waals surface area contributed by atoms with Gasteiger partial charge in [-0.15, -0.1) is 0 Å². The highest BCUT2D eigenvalue weighted by Crippen LogP contribution is 2.24. The molecule has 0 radical (unpaired) electrons. The van der Waals surface area contributed by atoms with Crippen LogP contribution in [0.3, 0.4) is 0 Å². The van der Waals surface area contributed by atoms with Crippen LogP contribution in [0.2, 0.25) is 0 Å². The lowest BCUT2D eigenvalue weighted by Gasteiger charge is -2.10. The Morgan fingerprint density at radius 1 is 1.40 bits per heavy atom. The van der Waals surface area contributed by atoms with Crippen molar-refractivity contribution in [3.63, 3.8) is 0 Å². The van der Waals surface area contributed by atoms with Crippen LogP contribution in [0.15, 0.2) is 18.2 Å². The number of rotatable bonds is 4. The summed E-state index contributed by atoms with van der Waals surface area (Å²) in [7, 11) is 3.14. The Morgan fingerprint density at radius 2 is 2.13 bits per heavy atom. The number of benzene rings is 1. The van der Waals surface area contributed by atoms with Gasteiger partial charge in [0, 0.05) is 18.2 Å². The van der Waals surface area contributed by atoms with E-state index in [1.165, 1.54) is 0 Å². The van der Waals surface area contributed by atoms with Gasteiger partial charge in [0.15, 0.2) is 0 Å². The summed E-state index contributed by atoms with van der Waals surface area (Å²) in [5, 5.41) is 2.49. The van der Waals surface area contributed by atoms with Gasteiger partial charge in [-0.25, -0.2) is 4.79 Å². The van der Waals surface area contributed by atoms with E-state index in [-0.39, 0.29) is 0 Å². The summed E-state index contributed by atoms with van der Waals surface area (Å²) >= 11 is 0. The van der Waals surface area contributed by atoms with Crippen molar-refractivity contribution in [1.29, 1.82) is 0 Å². The number of nitrogens with one attached hydrogen (secondary N) is 1. The topological polar surface area (TPSA) is 73.6 Å². The summed E-state index contributed by atoms with van der Waals surface area (Å²) in [6.45, 7) is 0.336. The maximum Gasteiger partial charge on any atom is 0.312 e. The fourth-order valence-electron chi connectivity index (χ4n) is 1.18. The van der Waals surface area contributed by atoms with E-state index in [1.807, 2.05) is 6.07 Å². The number of hydrogen-bond donors (Lipinski definition) is 2. The third-order valence-corrected chi connectivity index (χ3v) is 1.95. The minimum atomic E-state index is -0.562. The maximum atomic E-state index is 10.5. The highest BCUT2D eigenvalue weighted by atomic mass is 16.5. The van der Waals surface area contributed by atoms with E-state index >= 15 is 0 Å². The summed E-state index contributed by atoms with van der Waals surface area (Å²) in [5.41, 5.74) is 5.82. The Kier molecular flexibility index (Phi) is 3.79.